The highest BCUT2D eigenvalue weighted by molar-refractivity contribution is 8.00. The van der Waals surface area contributed by atoms with Gasteiger partial charge in [0.25, 0.3) is 0 Å². The molecule has 0 saturated carbocycles. The minimum Gasteiger partial charge on any atom is -0.487 e. The smallest absolute Gasteiger partial charge is 0.138 e. The average Bonchev–Trinajstić information content (AvgIpc) is 2.22. The van der Waals surface area contributed by atoms with Crippen LogP contribution in [0.3, 0.4) is 0 Å². The first kappa shape index (κ1) is 11.8. The highest BCUT2D eigenvalue weighted by Gasteiger charge is 2.20. The number of benzene rings is 1. The molecule has 0 unspecified atom stereocenters. The number of halogens is 1. The van der Waals surface area contributed by atoms with Crippen molar-refractivity contribution in [3.8, 4) is 5.75 Å². The lowest BCUT2D eigenvalue weighted by molar-refractivity contribution is 0.240. The van der Waals surface area contributed by atoms with Gasteiger partial charge in [-0.3, -0.25) is 0 Å². The molecule has 4 heteroatoms. The Labute approximate surface area is 105 Å². The number of hydrogen-bond donors (Lipinski definition) is 1. The van der Waals surface area contributed by atoms with Crippen molar-refractivity contribution >= 4 is 29.4 Å². The molecule has 0 atom stereocenters. The Morgan fingerprint density at radius 1 is 1.50 bits per heavy atom. The Balaban J connectivity index is 2.06. The molecule has 0 aromatic heterocycles. The molecule has 1 heterocycles. The highest BCUT2D eigenvalue weighted by Crippen LogP contribution is 2.30. The van der Waals surface area contributed by atoms with E-state index >= 15 is 0 Å². The summed E-state index contributed by atoms with van der Waals surface area (Å²) in [5.41, 5.74) is 6.44. The van der Waals surface area contributed by atoms with E-state index in [2.05, 4.69) is 0 Å². The summed E-state index contributed by atoms with van der Waals surface area (Å²) in [7, 11) is 0. The molecule has 1 saturated heterocycles. The number of thioether (sulfide) groups is 1. The van der Waals surface area contributed by atoms with E-state index in [1.165, 1.54) is 0 Å². The SMILES string of the molecule is NC/C=C/c1ccc(OC2CSC2)c(Cl)c1. The Hall–Kier alpha value is -0.640. The zero-order valence-corrected chi connectivity index (χ0v) is 10.4. The molecule has 1 aromatic carbocycles. The third kappa shape index (κ3) is 2.94. The fraction of sp³-hybridized carbons (Fsp3) is 0.333. The van der Waals surface area contributed by atoms with Crippen LogP contribution in [-0.4, -0.2) is 24.2 Å². The molecule has 2 rings (SSSR count). The van der Waals surface area contributed by atoms with Crippen LogP contribution in [0.2, 0.25) is 5.02 Å². The predicted octanol–water partition coefficient (Wildman–Crippen LogP) is 2.81. The van der Waals surface area contributed by atoms with Gasteiger partial charge in [0.15, 0.2) is 0 Å². The molecule has 1 aromatic rings. The van der Waals surface area contributed by atoms with Gasteiger partial charge in [-0.2, -0.15) is 11.8 Å². The summed E-state index contributed by atoms with van der Waals surface area (Å²) >= 11 is 8.03. The summed E-state index contributed by atoms with van der Waals surface area (Å²) in [6.07, 6.45) is 4.18. The van der Waals surface area contributed by atoms with Crippen LogP contribution in [-0.2, 0) is 0 Å². The van der Waals surface area contributed by atoms with Gasteiger partial charge in [-0.15, -0.1) is 0 Å². The van der Waals surface area contributed by atoms with E-state index in [0.717, 1.165) is 22.8 Å². The van der Waals surface area contributed by atoms with Crippen molar-refractivity contribution in [3.05, 3.63) is 34.9 Å². The average molecular weight is 256 g/mol. The number of nitrogens with two attached hydrogens (primary N) is 1. The molecule has 1 aliphatic heterocycles. The van der Waals surface area contributed by atoms with Crippen LogP contribution >= 0.6 is 23.4 Å². The maximum Gasteiger partial charge on any atom is 0.138 e. The van der Waals surface area contributed by atoms with Gasteiger partial charge < -0.3 is 10.5 Å². The molecule has 2 nitrogen and oxygen atoms in total. The molecule has 2 N–H and O–H groups in total. The highest BCUT2D eigenvalue weighted by atomic mass is 35.5. The standard InChI is InChI=1S/C12H14ClNOS/c13-11-6-9(2-1-5-14)3-4-12(11)15-10-7-16-8-10/h1-4,6,10H,5,7-8,14H2/b2-1+. The first-order chi connectivity index (χ1) is 7.79. The molecule has 0 spiro atoms. The van der Waals surface area contributed by atoms with Crippen molar-refractivity contribution in [1.29, 1.82) is 0 Å². The van der Waals surface area contributed by atoms with Gasteiger partial charge in [0.2, 0.25) is 0 Å². The lowest BCUT2D eigenvalue weighted by Gasteiger charge is -2.26. The molecular weight excluding hydrogens is 242 g/mol. The largest absolute Gasteiger partial charge is 0.487 e. The predicted molar refractivity (Wildman–Crippen MR) is 71.3 cm³/mol. The van der Waals surface area contributed by atoms with E-state index < -0.39 is 0 Å². The third-order valence-corrected chi connectivity index (χ3v) is 3.81. The monoisotopic (exact) mass is 255 g/mol. The second-order valence-corrected chi connectivity index (χ2v) is 5.09. The van der Waals surface area contributed by atoms with Crippen LogP contribution in [0.4, 0.5) is 0 Å². The van der Waals surface area contributed by atoms with Crippen LogP contribution in [0.15, 0.2) is 24.3 Å². The summed E-state index contributed by atoms with van der Waals surface area (Å²) in [6, 6.07) is 5.80. The quantitative estimate of drug-likeness (QED) is 0.899. The van der Waals surface area contributed by atoms with Crippen molar-refractivity contribution in [2.24, 2.45) is 5.73 Å². The van der Waals surface area contributed by atoms with Gasteiger partial charge in [-0.05, 0) is 17.7 Å². The van der Waals surface area contributed by atoms with Crippen LogP contribution in [0.25, 0.3) is 6.08 Å². The van der Waals surface area contributed by atoms with Gasteiger partial charge in [-0.25, -0.2) is 0 Å². The van der Waals surface area contributed by atoms with E-state index in [1.807, 2.05) is 42.1 Å². The van der Waals surface area contributed by atoms with Gasteiger partial charge in [0.05, 0.1) is 5.02 Å². The van der Waals surface area contributed by atoms with Crippen molar-refractivity contribution in [2.75, 3.05) is 18.1 Å². The molecular formula is C12H14ClNOS. The fourth-order valence-electron chi connectivity index (χ4n) is 1.38. The molecule has 1 fully saturated rings. The minimum atomic E-state index is 0.327. The molecule has 16 heavy (non-hydrogen) atoms. The van der Waals surface area contributed by atoms with Gasteiger partial charge in [0.1, 0.15) is 11.9 Å². The van der Waals surface area contributed by atoms with E-state index in [-0.39, 0.29) is 0 Å². The van der Waals surface area contributed by atoms with Gasteiger partial charge in [-0.1, -0.05) is 29.8 Å². The summed E-state index contributed by atoms with van der Waals surface area (Å²) in [4.78, 5) is 0. The van der Waals surface area contributed by atoms with Crippen molar-refractivity contribution < 1.29 is 4.74 Å². The molecule has 0 radical (unpaired) electrons. The summed E-state index contributed by atoms with van der Waals surface area (Å²) in [5.74, 6) is 2.90. The maximum absolute atomic E-state index is 6.14. The topological polar surface area (TPSA) is 35.2 Å². The number of rotatable bonds is 4. The summed E-state index contributed by atoms with van der Waals surface area (Å²) in [6.45, 7) is 0.537. The van der Waals surface area contributed by atoms with Crippen LogP contribution in [0, 0.1) is 0 Å². The number of hydrogen-bond acceptors (Lipinski definition) is 3. The molecule has 86 valence electrons. The van der Waals surface area contributed by atoms with Gasteiger partial charge >= 0.3 is 0 Å². The maximum atomic E-state index is 6.14. The lowest BCUT2D eigenvalue weighted by atomic mass is 10.2. The van der Waals surface area contributed by atoms with Gasteiger partial charge in [0, 0.05) is 18.1 Å². The zero-order valence-electron chi connectivity index (χ0n) is 8.86. The van der Waals surface area contributed by atoms with Crippen molar-refractivity contribution in [2.45, 2.75) is 6.10 Å². The second kappa shape index (κ2) is 5.62. The molecule has 0 aliphatic carbocycles. The summed E-state index contributed by atoms with van der Waals surface area (Å²) in [5, 5.41) is 0.663. The Bertz CT molecular complexity index is 391. The fourth-order valence-corrected chi connectivity index (χ4v) is 2.18. The number of ether oxygens (including phenoxy) is 1. The van der Waals surface area contributed by atoms with Crippen molar-refractivity contribution in [3.63, 3.8) is 0 Å². The lowest BCUT2D eigenvalue weighted by Crippen LogP contribution is -2.31. The third-order valence-electron chi connectivity index (χ3n) is 2.30. The molecule has 0 bridgehead atoms. The Kier molecular flexibility index (Phi) is 4.16. The first-order valence-corrected chi connectivity index (χ1v) is 6.73. The van der Waals surface area contributed by atoms with E-state index in [4.69, 9.17) is 22.1 Å². The van der Waals surface area contributed by atoms with E-state index in [0.29, 0.717) is 17.7 Å². The van der Waals surface area contributed by atoms with Crippen molar-refractivity contribution in [1.82, 2.24) is 0 Å². The van der Waals surface area contributed by atoms with E-state index in [1.54, 1.807) is 0 Å². The minimum absolute atomic E-state index is 0.327. The van der Waals surface area contributed by atoms with Crippen LogP contribution in [0.1, 0.15) is 5.56 Å². The van der Waals surface area contributed by atoms with Crippen LogP contribution in [0.5, 0.6) is 5.75 Å². The van der Waals surface area contributed by atoms with E-state index in [9.17, 15) is 0 Å². The van der Waals surface area contributed by atoms with Crippen LogP contribution < -0.4 is 10.5 Å². The zero-order chi connectivity index (χ0) is 11.4. The summed E-state index contributed by atoms with van der Waals surface area (Å²) < 4.78 is 5.74. The first-order valence-electron chi connectivity index (χ1n) is 5.20. The second-order valence-electron chi connectivity index (χ2n) is 3.61. The Morgan fingerprint density at radius 3 is 2.88 bits per heavy atom. The molecule has 1 aliphatic rings. The molecule has 0 amide bonds. The normalized spacial score (nSPS) is 16.4. The Morgan fingerprint density at radius 2 is 2.31 bits per heavy atom.